The van der Waals surface area contributed by atoms with Crippen LogP contribution in [0.2, 0.25) is 0 Å². The lowest BCUT2D eigenvalue weighted by Crippen LogP contribution is -2.48. The Kier molecular flexibility index (Phi) is 4.73. The van der Waals surface area contributed by atoms with Gasteiger partial charge in [-0.1, -0.05) is 6.92 Å². The quantitative estimate of drug-likeness (QED) is 0.705. The monoisotopic (exact) mass is 233 g/mol. The second-order valence-electron chi connectivity index (χ2n) is 4.18. The molecule has 1 fully saturated rings. The fourth-order valence-corrected chi connectivity index (χ4v) is 2.13. The summed E-state index contributed by atoms with van der Waals surface area (Å²) in [5.74, 6) is -0.918. The zero-order valence-electron chi connectivity index (χ0n) is 9.23. The second-order valence-corrected chi connectivity index (χ2v) is 5.98. The SMILES string of the molecule is CC(CCNC1CCC1C(=O)O)S(C)=O. The highest BCUT2D eigenvalue weighted by molar-refractivity contribution is 7.84. The molecule has 4 nitrogen and oxygen atoms in total. The Hall–Kier alpha value is -0.420. The van der Waals surface area contributed by atoms with Gasteiger partial charge >= 0.3 is 5.97 Å². The van der Waals surface area contributed by atoms with Crippen LogP contribution in [0.15, 0.2) is 0 Å². The van der Waals surface area contributed by atoms with Crippen molar-refractivity contribution >= 4 is 16.8 Å². The third-order valence-corrected chi connectivity index (χ3v) is 4.48. The molecule has 15 heavy (non-hydrogen) atoms. The average molecular weight is 233 g/mol. The summed E-state index contributed by atoms with van der Waals surface area (Å²) < 4.78 is 11.1. The van der Waals surface area contributed by atoms with E-state index in [0.29, 0.717) is 0 Å². The maximum Gasteiger partial charge on any atom is 0.308 e. The molecule has 0 aliphatic heterocycles. The van der Waals surface area contributed by atoms with E-state index in [2.05, 4.69) is 5.32 Å². The Morgan fingerprint density at radius 1 is 1.60 bits per heavy atom. The smallest absolute Gasteiger partial charge is 0.308 e. The Morgan fingerprint density at radius 2 is 2.27 bits per heavy atom. The molecule has 0 aromatic heterocycles. The minimum atomic E-state index is -0.783. The van der Waals surface area contributed by atoms with E-state index in [4.69, 9.17) is 5.11 Å². The third-order valence-electron chi connectivity index (χ3n) is 3.12. The summed E-state index contributed by atoms with van der Waals surface area (Å²) in [5.41, 5.74) is 0. The van der Waals surface area contributed by atoms with Crippen LogP contribution >= 0.6 is 0 Å². The van der Waals surface area contributed by atoms with Crippen molar-refractivity contribution < 1.29 is 14.1 Å². The molecular weight excluding hydrogens is 214 g/mol. The van der Waals surface area contributed by atoms with Gasteiger partial charge in [0.15, 0.2) is 0 Å². The molecule has 0 aromatic rings. The molecule has 0 bridgehead atoms. The Balaban J connectivity index is 2.16. The van der Waals surface area contributed by atoms with Crippen molar-refractivity contribution in [2.24, 2.45) is 5.92 Å². The van der Waals surface area contributed by atoms with E-state index in [1.54, 1.807) is 6.26 Å². The number of carboxylic acids is 1. The molecule has 0 heterocycles. The molecule has 5 heteroatoms. The number of hydrogen-bond acceptors (Lipinski definition) is 3. The maximum absolute atomic E-state index is 11.1. The number of carbonyl (C=O) groups is 1. The van der Waals surface area contributed by atoms with E-state index in [1.807, 2.05) is 6.92 Å². The molecule has 0 radical (unpaired) electrons. The van der Waals surface area contributed by atoms with Gasteiger partial charge in [0.1, 0.15) is 0 Å². The molecule has 1 saturated carbocycles. The van der Waals surface area contributed by atoms with E-state index in [1.165, 1.54) is 0 Å². The van der Waals surface area contributed by atoms with Crippen molar-refractivity contribution in [2.75, 3.05) is 12.8 Å². The average Bonchev–Trinajstić information content (AvgIpc) is 2.08. The van der Waals surface area contributed by atoms with Crippen LogP contribution in [0.5, 0.6) is 0 Å². The summed E-state index contributed by atoms with van der Waals surface area (Å²) in [6.45, 7) is 2.71. The van der Waals surface area contributed by atoms with Crippen LogP contribution in [0.4, 0.5) is 0 Å². The van der Waals surface area contributed by atoms with E-state index in [9.17, 15) is 9.00 Å². The molecule has 2 N–H and O–H groups in total. The lowest BCUT2D eigenvalue weighted by atomic mass is 9.79. The minimum absolute atomic E-state index is 0.125. The zero-order valence-corrected chi connectivity index (χ0v) is 10.0. The fraction of sp³-hybridized carbons (Fsp3) is 0.900. The highest BCUT2D eigenvalue weighted by Crippen LogP contribution is 2.27. The molecule has 0 saturated heterocycles. The maximum atomic E-state index is 11.1. The van der Waals surface area contributed by atoms with Gasteiger partial charge in [-0.3, -0.25) is 9.00 Å². The number of nitrogens with one attached hydrogen (secondary N) is 1. The van der Waals surface area contributed by atoms with Gasteiger partial charge < -0.3 is 10.4 Å². The predicted octanol–water partition coefficient (Wildman–Crippen LogP) is 0.596. The fourth-order valence-electron chi connectivity index (χ4n) is 1.68. The minimum Gasteiger partial charge on any atom is -0.481 e. The van der Waals surface area contributed by atoms with Crippen molar-refractivity contribution in [3.8, 4) is 0 Å². The van der Waals surface area contributed by atoms with Crippen LogP contribution in [-0.2, 0) is 15.6 Å². The Morgan fingerprint density at radius 3 is 2.67 bits per heavy atom. The first-order chi connectivity index (χ1) is 7.02. The lowest BCUT2D eigenvalue weighted by molar-refractivity contribution is -0.146. The molecule has 88 valence electrons. The van der Waals surface area contributed by atoms with E-state index < -0.39 is 16.8 Å². The molecular formula is C10H19NO3S. The van der Waals surface area contributed by atoms with Gasteiger partial charge in [-0.05, 0) is 25.8 Å². The Labute approximate surface area is 92.9 Å². The summed E-state index contributed by atoms with van der Waals surface area (Å²) in [6.07, 6.45) is 4.27. The number of carboxylic acid groups (broad SMARTS) is 1. The number of rotatable bonds is 6. The molecule has 1 aliphatic carbocycles. The molecule has 0 aromatic carbocycles. The first-order valence-electron chi connectivity index (χ1n) is 5.30. The van der Waals surface area contributed by atoms with Crippen LogP contribution in [0, 0.1) is 5.92 Å². The summed E-state index contributed by atoms with van der Waals surface area (Å²) in [7, 11) is -0.783. The van der Waals surface area contributed by atoms with E-state index in [0.717, 1.165) is 25.8 Å². The first kappa shape index (κ1) is 12.6. The first-order valence-corrected chi connectivity index (χ1v) is 6.93. The van der Waals surface area contributed by atoms with Gasteiger partial charge in [-0.15, -0.1) is 0 Å². The molecule has 0 amide bonds. The van der Waals surface area contributed by atoms with Gasteiger partial charge in [0.2, 0.25) is 0 Å². The summed E-state index contributed by atoms with van der Waals surface area (Å²) in [5, 5.41) is 12.2. The summed E-state index contributed by atoms with van der Waals surface area (Å²) in [4.78, 5) is 10.7. The van der Waals surface area contributed by atoms with Crippen LogP contribution in [0.3, 0.4) is 0 Å². The van der Waals surface area contributed by atoms with Gasteiger partial charge in [-0.2, -0.15) is 0 Å². The number of aliphatic carboxylic acids is 1. The van der Waals surface area contributed by atoms with E-state index >= 15 is 0 Å². The molecule has 1 aliphatic rings. The van der Waals surface area contributed by atoms with Crippen molar-refractivity contribution in [2.45, 2.75) is 37.5 Å². The summed E-state index contributed by atoms with van der Waals surface area (Å²) in [6, 6.07) is 0.125. The van der Waals surface area contributed by atoms with Crippen molar-refractivity contribution in [3.63, 3.8) is 0 Å². The predicted molar refractivity (Wildman–Crippen MR) is 60.3 cm³/mol. The van der Waals surface area contributed by atoms with E-state index in [-0.39, 0.29) is 17.2 Å². The van der Waals surface area contributed by atoms with Crippen LogP contribution < -0.4 is 5.32 Å². The Bertz CT molecular complexity index is 257. The molecule has 4 unspecified atom stereocenters. The normalized spacial score (nSPS) is 29.2. The van der Waals surface area contributed by atoms with Gasteiger partial charge in [0.25, 0.3) is 0 Å². The highest BCUT2D eigenvalue weighted by atomic mass is 32.2. The zero-order chi connectivity index (χ0) is 11.4. The lowest BCUT2D eigenvalue weighted by Gasteiger charge is -2.34. The van der Waals surface area contributed by atoms with Crippen LogP contribution in [0.1, 0.15) is 26.2 Å². The molecule has 0 spiro atoms. The highest BCUT2D eigenvalue weighted by Gasteiger charge is 2.35. The topological polar surface area (TPSA) is 66.4 Å². The third kappa shape index (κ3) is 3.57. The largest absolute Gasteiger partial charge is 0.481 e. The number of hydrogen-bond donors (Lipinski definition) is 2. The molecule has 1 rings (SSSR count). The standard InChI is InChI=1S/C10H19NO3S/c1-7(15(2)14)5-6-11-9-4-3-8(9)10(12)13/h7-9,11H,3-6H2,1-2H3,(H,12,13). The van der Waals surface area contributed by atoms with Crippen LogP contribution in [0.25, 0.3) is 0 Å². The van der Waals surface area contributed by atoms with Gasteiger partial charge in [0.05, 0.1) is 5.92 Å². The van der Waals surface area contributed by atoms with Crippen LogP contribution in [-0.4, -0.2) is 39.4 Å². The van der Waals surface area contributed by atoms with Crippen molar-refractivity contribution in [1.82, 2.24) is 5.32 Å². The van der Waals surface area contributed by atoms with Gasteiger partial charge in [-0.25, -0.2) is 0 Å². The van der Waals surface area contributed by atoms with Crippen molar-refractivity contribution in [3.05, 3.63) is 0 Å². The van der Waals surface area contributed by atoms with Crippen molar-refractivity contribution in [1.29, 1.82) is 0 Å². The summed E-state index contributed by atoms with van der Waals surface area (Å²) >= 11 is 0. The second kappa shape index (κ2) is 5.61. The molecule has 4 atom stereocenters. The van der Waals surface area contributed by atoms with Gasteiger partial charge in [0, 0.05) is 28.3 Å².